The van der Waals surface area contributed by atoms with Crippen molar-refractivity contribution in [3.8, 4) is 0 Å². The summed E-state index contributed by atoms with van der Waals surface area (Å²) in [5.41, 5.74) is 0.211. The molecule has 1 aromatic carbocycles. The largest absolute Gasteiger partial charge is 0.388 e. The first kappa shape index (κ1) is 15.5. The molecule has 0 aliphatic rings. The molecule has 102 valence electrons. The van der Waals surface area contributed by atoms with Crippen LogP contribution >= 0.6 is 15.9 Å². The molecule has 0 aliphatic carbocycles. The third-order valence-corrected chi connectivity index (χ3v) is 4.25. The summed E-state index contributed by atoms with van der Waals surface area (Å²) >= 11 is 2.87. The SMILES string of the molecule is CS(=O)(=O)CCCC(O)c1ccc(F)c(F)c1Br. The Hall–Kier alpha value is -0.530. The molecular formula is C11H13BrF2O3S. The number of benzene rings is 1. The summed E-state index contributed by atoms with van der Waals surface area (Å²) in [6, 6.07) is 2.20. The van der Waals surface area contributed by atoms with Gasteiger partial charge in [-0.15, -0.1) is 0 Å². The summed E-state index contributed by atoms with van der Waals surface area (Å²) in [5.74, 6) is -2.12. The molecule has 0 aromatic heterocycles. The van der Waals surface area contributed by atoms with Gasteiger partial charge in [0, 0.05) is 12.0 Å². The number of halogens is 3. The van der Waals surface area contributed by atoms with Crippen molar-refractivity contribution in [1.29, 1.82) is 0 Å². The van der Waals surface area contributed by atoms with Gasteiger partial charge in [0.25, 0.3) is 0 Å². The smallest absolute Gasteiger partial charge is 0.173 e. The highest BCUT2D eigenvalue weighted by molar-refractivity contribution is 9.10. The van der Waals surface area contributed by atoms with Gasteiger partial charge in [0.15, 0.2) is 11.6 Å². The van der Waals surface area contributed by atoms with E-state index in [1.165, 1.54) is 6.07 Å². The predicted molar refractivity (Wildman–Crippen MR) is 68.0 cm³/mol. The van der Waals surface area contributed by atoms with E-state index in [2.05, 4.69) is 15.9 Å². The van der Waals surface area contributed by atoms with Gasteiger partial charge in [-0.05, 0) is 40.4 Å². The molecule has 0 saturated carbocycles. The minimum Gasteiger partial charge on any atom is -0.388 e. The first-order chi connectivity index (χ1) is 8.22. The van der Waals surface area contributed by atoms with Crippen molar-refractivity contribution in [3.05, 3.63) is 33.8 Å². The molecule has 1 rings (SSSR count). The van der Waals surface area contributed by atoms with Crippen LogP contribution in [0.1, 0.15) is 24.5 Å². The molecule has 1 N–H and O–H groups in total. The van der Waals surface area contributed by atoms with E-state index < -0.39 is 27.6 Å². The lowest BCUT2D eigenvalue weighted by molar-refractivity contribution is 0.165. The highest BCUT2D eigenvalue weighted by atomic mass is 79.9. The van der Waals surface area contributed by atoms with Crippen LogP contribution in [0.15, 0.2) is 16.6 Å². The lowest BCUT2D eigenvalue weighted by atomic mass is 10.1. The summed E-state index contributed by atoms with van der Waals surface area (Å²) in [6.07, 6.45) is 0.492. The highest BCUT2D eigenvalue weighted by Gasteiger charge is 2.17. The maximum absolute atomic E-state index is 13.2. The second-order valence-electron chi connectivity index (χ2n) is 4.05. The van der Waals surface area contributed by atoms with Crippen molar-refractivity contribution >= 4 is 25.8 Å². The Bertz CT molecular complexity index is 531. The van der Waals surface area contributed by atoms with E-state index in [1.54, 1.807) is 0 Å². The molecule has 0 radical (unpaired) electrons. The molecule has 18 heavy (non-hydrogen) atoms. The van der Waals surface area contributed by atoms with Crippen molar-refractivity contribution in [1.82, 2.24) is 0 Å². The summed E-state index contributed by atoms with van der Waals surface area (Å²) in [5, 5.41) is 9.80. The van der Waals surface area contributed by atoms with Crippen LogP contribution < -0.4 is 0 Å². The van der Waals surface area contributed by atoms with E-state index in [0.29, 0.717) is 0 Å². The van der Waals surface area contributed by atoms with E-state index in [0.717, 1.165) is 12.3 Å². The minimum atomic E-state index is -3.08. The number of rotatable bonds is 5. The van der Waals surface area contributed by atoms with Crippen molar-refractivity contribution in [2.24, 2.45) is 0 Å². The average molecular weight is 343 g/mol. The molecule has 1 unspecified atom stereocenters. The zero-order valence-corrected chi connectivity index (χ0v) is 12.1. The molecular weight excluding hydrogens is 330 g/mol. The van der Waals surface area contributed by atoms with E-state index in [9.17, 15) is 22.3 Å². The van der Waals surface area contributed by atoms with Crippen molar-refractivity contribution in [2.45, 2.75) is 18.9 Å². The van der Waals surface area contributed by atoms with Gasteiger partial charge in [-0.1, -0.05) is 6.07 Å². The second kappa shape index (κ2) is 6.08. The fourth-order valence-electron chi connectivity index (χ4n) is 1.49. The number of sulfone groups is 1. The Morgan fingerprint density at radius 2 is 2.00 bits per heavy atom. The van der Waals surface area contributed by atoms with Crippen molar-refractivity contribution < 1.29 is 22.3 Å². The summed E-state index contributed by atoms with van der Waals surface area (Å²) in [7, 11) is -3.08. The summed E-state index contributed by atoms with van der Waals surface area (Å²) in [6.45, 7) is 0. The molecule has 0 heterocycles. The maximum atomic E-state index is 13.2. The number of aliphatic hydroxyl groups is 1. The fourth-order valence-corrected chi connectivity index (χ4v) is 2.77. The van der Waals surface area contributed by atoms with Gasteiger partial charge in [0.2, 0.25) is 0 Å². The second-order valence-corrected chi connectivity index (χ2v) is 7.11. The Balaban J connectivity index is 2.73. The maximum Gasteiger partial charge on any atom is 0.173 e. The molecule has 7 heteroatoms. The lowest BCUT2D eigenvalue weighted by Gasteiger charge is -2.13. The average Bonchev–Trinajstić information content (AvgIpc) is 2.24. The predicted octanol–water partition coefficient (Wildman–Crippen LogP) is 2.59. The molecule has 3 nitrogen and oxygen atoms in total. The first-order valence-corrected chi connectivity index (χ1v) is 8.07. The molecule has 0 amide bonds. The standard InChI is InChI=1S/C11H13BrF2O3S/c1-18(16,17)6-2-3-9(15)7-4-5-8(13)11(14)10(7)12/h4-5,9,15H,2-3,6H2,1H3. The van der Waals surface area contributed by atoms with Crippen LogP contribution in [0.2, 0.25) is 0 Å². The van der Waals surface area contributed by atoms with Crippen molar-refractivity contribution in [2.75, 3.05) is 12.0 Å². The van der Waals surface area contributed by atoms with Crippen LogP contribution in [0.3, 0.4) is 0 Å². The Morgan fingerprint density at radius 3 is 2.56 bits per heavy atom. The zero-order valence-electron chi connectivity index (χ0n) is 9.66. The molecule has 1 aromatic rings. The number of aliphatic hydroxyl groups excluding tert-OH is 1. The van der Waals surface area contributed by atoms with Crippen LogP contribution in [-0.2, 0) is 9.84 Å². The van der Waals surface area contributed by atoms with Crippen molar-refractivity contribution in [3.63, 3.8) is 0 Å². The Kier molecular flexibility index (Phi) is 5.24. The van der Waals surface area contributed by atoms with E-state index >= 15 is 0 Å². The molecule has 0 fully saturated rings. The normalized spacial score (nSPS) is 13.6. The van der Waals surface area contributed by atoms with Gasteiger partial charge in [-0.3, -0.25) is 0 Å². The van der Waals surface area contributed by atoms with Gasteiger partial charge in [0.1, 0.15) is 9.84 Å². The number of hydrogen-bond acceptors (Lipinski definition) is 3. The van der Waals surface area contributed by atoms with Crippen LogP contribution in [0, 0.1) is 11.6 Å². The third kappa shape index (κ3) is 4.29. The highest BCUT2D eigenvalue weighted by Crippen LogP contribution is 2.30. The van der Waals surface area contributed by atoms with Crippen LogP contribution in [0.25, 0.3) is 0 Å². The quantitative estimate of drug-likeness (QED) is 0.836. The third-order valence-electron chi connectivity index (χ3n) is 2.42. The van der Waals surface area contributed by atoms with Gasteiger partial charge in [0.05, 0.1) is 10.6 Å². The summed E-state index contributed by atoms with van der Waals surface area (Å²) < 4.78 is 47.8. The summed E-state index contributed by atoms with van der Waals surface area (Å²) in [4.78, 5) is 0. The number of hydrogen-bond donors (Lipinski definition) is 1. The Morgan fingerprint density at radius 1 is 1.39 bits per heavy atom. The lowest BCUT2D eigenvalue weighted by Crippen LogP contribution is -2.07. The van der Waals surface area contributed by atoms with E-state index in [1.807, 2.05) is 0 Å². The first-order valence-electron chi connectivity index (χ1n) is 5.21. The van der Waals surface area contributed by atoms with E-state index in [4.69, 9.17) is 0 Å². The molecule has 0 aliphatic heterocycles. The van der Waals surface area contributed by atoms with Gasteiger partial charge < -0.3 is 5.11 Å². The topological polar surface area (TPSA) is 54.4 Å². The monoisotopic (exact) mass is 342 g/mol. The zero-order chi connectivity index (χ0) is 13.9. The molecule has 0 saturated heterocycles. The van der Waals surface area contributed by atoms with Gasteiger partial charge in [-0.2, -0.15) is 0 Å². The van der Waals surface area contributed by atoms with E-state index in [-0.39, 0.29) is 28.6 Å². The molecule has 0 spiro atoms. The minimum absolute atomic E-state index is 0.0502. The van der Waals surface area contributed by atoms with Crippen LogP contribution in [0.5, 0.6) is 0 Å². The Labute approximate surface area is 113 Å². The fraction of sp³-hybridized carbons (Fsp3) is 0.455. The van der Waals surface area contributed by atoms with Crippen LogP contribution in [0.4, 0.5) is 8.78 Å². The molecule has 0 bridgehead atoms. The molecule has 1 atom stereocenters. The van der Waals surface area contributed by atoms with Gasteiger partial charge in [-0.25, -0.2) is 17.2 Å². The van der Waals surface area contributed by atoms with Gasteiger partial charge >= 0.3 is 0 Å². The van der Waals surface area contributed by atoms with Crippen LogP contribution in [-0.4, -0.2) is 25.5 Å².